The Morgan fingerprint density at radius 2 is 2.00 bits per heavy atom. The molecule has 1 aliphatic rings. The van der Waals surface area contributed by atoms with Gasteiger partial charge in [0.2, 0.25) is 0 Å². The van der Waals surface area contributed by atoms with E-state index in [1.165, 1.54) is 26.4 Å². The quantitative estimate of drug-likeness (QED) is 0.571. The Kier molecular flexibility index (Phi) is 4.82. The highest BCUT2D eigenvalue weighted by Gasteiger charge is 2.24. The molecule has 1 saturated carbocycles. The van der Waals surface area contributed by atoms with Crippen molar-refractivity contribution in [3.05, 3.63) is 12.2 Å². The van der Waals surface area contributed by atoms with Crippen LogP contribution in [0.3, 0.4) is 0 Å². The van der Waals surface area contributed by atoms with Crippen LogP contribution in [0.4, 0.5) is 0 Å². The number of rotatable bonds is 4. The van der Waals surface area contributed by atoms with E-state index in [0.717, 1.165) is 18.4 Å². The lowest BCUT2D eigenvalue weighted by molar-refractivity contribution is -0.142. The van der Waals surface area contributed by atoms with Crippen molar-refractivity contribution in [1.29, 1.82) is 0 Å². The molecule has 0 radical (unpaired) electrons. The zero-order valence-corrected chi connectivity index (χ0v) is 9.71. The molecule has 0 bridgehead atoms. The fourth-order valence-electron chi connectivity index (χ4n) is 2.03. The molecule has 1 atom stereocenters. The highest BCUT2D eigenvalue weighted by Crippen LogP contribution is 2.18. The number of esters is 1. The fraction of sp³-hybridized carbons (Fsp3) is 0.750. The van der Waals surface area contributed by atoms with E-state index in [9.17, 15) is 4.79 Å². The van der Waals surface area contributed by atoms with E-state index in [2.05, 4.69) is 11.9 Å². The molecule has 3 nitrogen and oxygen atoms in total. The van der Waals surface area contributed by atoms with E-state index in [0.29, 0.717) is 6.04 Å². The lowest BCUT2D eigenvalue weighted by atomic mass is 9.94. The third kappa shape index (κ3) is 3.67. The van der Waals surface area contributed by atoms with Crippen LogP contribution in [0.25, 0.3) is 0 Å². The molecule has 3 heteroatoms. The Labute approximate surface area is 91.9 Å². The molecule has 1 N–H and O–H groups in total. The van der Waals surface area contributed by atoms with Gasteiger partial charge >= 0.3 is 5.97 Å². The summed E-state index contributed by atoms with van der Waals surface area (Å²) in [6.07, 6.45) is 6.12. The molecule has 0 aromatic carbocycles. The summed E-state index contributed by atoms with van der Waals surface area (Å²) in [4.78, 5) is 11.5. The molecule has 0 heterocycles. The molecular weight excluding hydrogens is 190 g/mol. The van der Waals surface area contributed by atoms with Gasteiger partial charge in [0.05, 0.1) is 7.11 Å². The van der Waals surface area contributed by atoms with Gasteiger partial charge in [-0.2, -0.15) is 0 Å². The maximum absolute atomic E-state index is 11.5. The maximum atomic E-state index is 11.5. The van der Waals surface area contributed by atoms with Gasteiger partial charge in [-0.15, -0.1) is 0 Å². The zero-order valence-electron chi connectivity index (χ0n) is 9.71. The van der Waals surface area contributed by atoms with Gasteiger partial charge in [-0.25, -0.2) is 0 Å². The summed E-state index contributed by atoms with van der Waals surface area (Å²) in [5, 5.41) is 3.33. The smallest absolute Gasteiger partial charge is 0.327 e. The molecule has 86 valence electrons. The van der Waals surface area contributed by atoms with Crippen LogP contribution in [0.5, 0.6) is 0 Å². The topological polar surface area (TPSA) is 38.3 Å². The van der Waals surface area contributed by atoms with Gasteiger partial charge in [0.1, 0.15) is 6.04 Å². The Balaban J connectivity index is 2.49. The molecule has 1 unspecified atom stereocenters. The summed E-state index contributed by atoms with van der Waals surface area (Å²) in [7, 11) is 1.42. The minimum absolute atomic E-state index is 0.229. The molecule has 1 aliphatic carbocycles. The average molecular weight is 211 g/mol. The monoisotopic (exact) mass is 211 g/mol. The number of methoxy groups -OCH3 is 1. The number of nitrogens with one attached hydrogen (secondary N) is 1. The first-order chi connectivity index (χ1) is 7.15. The van der Waals surface area contributed by atoms with Crippen molar-refractivity contribution < 1.29 is 9.53 Å². The molecule has 0 aromatic rings. The standard InChI is InChI=1S/C12H21NO2/c1-9(2)11(12(14)15-3)13-10-7-5-4-6-8-10/h10-11,13H,1,4-8H2,2-3H3. The van der Waals surface area contributed by atoms with Crippen LogP contribution in [-0.4, -0.2) is 25.2 Å². The van der Waals surface area contributed by atoms with Crippen molar-refractivity contribution in [3.63, 3.8) is 0 Å². The second kappa shape index (κ2) is 5.91. The van der Waals surface area contributed by atoms with Crippen molar-refractivity contribution in [1.82, 2.24) is 5.32 Å². The Morgan fingerprint density at radius 3 is 2.47 bits per heavy atom. The van der Waals surface area contributed by atoms with Gasteiger partial charge in [-0.1, -0.05) is 31.4 Å². The van der Waals surface area contributed by atoms with E-state index < -0.39 is 0 Å². The van der Waals surface area contributed by atoms with E-state index in [1.54, 1.807) is 0 Å². The van der Waals surface area contributed by atoms with Crippen molar-refractivity contribution in [2.24, 2.45) is 0 Å². The second-order valence-corrected chi connectivity index (χ2v) is 4.30. The lowest BCUT2D eigenvalue weighted by Crippen LogP contribution is -2.45. The SMILES string of the molecule is C=C(C)C(NC1CCCCC1)C(=O)OC. The normalized spacial score (nSPS) is 19.6. The van der Waals surface area contributed by atoms with E-state index in [4.69, 9.17) is 4.74 Å². The van der Waals surface area contributed by atoms with Crippen LogP contribution in [0, 0.1) is 0 Å². The third-order valence-corrected chi connectivity index (χ3v) is 2.94. The van der Waals surface area contributed by atoms with Gasteiger partial charge in [-0.05, 0) is 19.8 Å². The van der Waals surface area contributed by atoms with Gasteiger partial charge in [0.15, 0.2) is 0 Å². The van der Waals surface area contributed by atoms with Crippen molar-refractivity contribution in [3.8, 4) is 0 Å². The minimum atomic E-state index is -0.335. The summed E-state index contributed by atoms with van der Waals surface area (Å²) in [6, 6.07) is 0.109. The second-order valence-electron chi connectivity index (χ2n) is 4.30. The van der Waals surface area contributed by atoms with Gasteiger partial charge in [0, 0.05) is 6.04 Å². The predicted octanol–water partition coefficient (Wildman–Crippen LogP) is 2.03. The van der Waals surface area contributed by atoms with Crippen LogP contribution >= 0.6 is 0 Å². The zero-order chi connectivity index (χ0) is 11.3. The summed E-state index contributed by atoms with van der Waals surface area (Å²) >= 11 is 0. The van der Waals surface area contributed by atoms with E-state index in [1.807, 2.05) is 6.92 Å². The number of ether oxygens (including phenoxy) is 1. The van der Waals surface area contributed by atoms with Crippen LogP contribution in [0.15, 0.2) is 12.2 Å². The number of carbonyl (C=O) groups is 1. The van der Waals surface area contributed by atoms with Crippen molar-refractivity contribution in [2.45, 2.75) is 51.1 Å². The summed E-state index contributed by atoms with van der Waals surface area (Å²) in [6.45, 7) is 5.69. The first kappa shape index (κ1) is 12.2. The first-order valence-electron chi connectivity index (χ1n) is 5.64. The molecule has 1 rings (SSSR count). The molecule has 0 aliphatic heterocycles. The van der Waals surface area contributed by atoms with Crippen LogP contribution in [0.1, 0.15) is 39.0 Å². The summed E-state index contributed by atoms with van der Waals surface area (Å²) in [5.74, 6) is -0.229. The Bertz CT molecular complexity index is 232. The summed E-state index contributed by atoms with van der Waals surface area (Å²) in [5.41, 5.74) is 0.826. The van der Waals surface area contributed by atoms with E-state index >= 15 is 0 Å². The number of hydrogen-bond donors (Lipinski definition) is 1. The third-order valence-electron chi connectivity index (χ3n) is 2.94. The molecule has 0 aromatic heterocycles. The summed E-state index contributed by atoms with van der Waals surface area (Å²) < 4.78 is 4.75. The van der Waals surface area contributed by atoms with Gasteiger partial charge in [-0.3, -0.25) is 10.1 Å². The molecule has 0 spiro atoms. The highest BCUT2D eigenvalue weighted by atomic mass is 16.5. The largest absolute Gasteiger partial charge is 0.468 e. The minimum Gasteiger partial charge on any atom is -0.468 e. The molecular formula is C12H21NO2. The number of hydrogen-bond acceptors (Lipinski definition) is 3. The Hall–Kier alpha value is -0.830. The van der Waals surface area contributed by atoms with E-state index in [-0.39, 0.29) is 12.0 Å². The van der Waals surface area contributed by atoms with Crippen LogP contribution in [-0.2, 0) is 9.53 Å². The van der Waals surface area contributed by atoms with Crippen LogP contribution in [0.2, 0.25) is 0 Å². The van der Waals surface area contributed by atoms with Crippen molar-refractivity contribution >= 4 is 5.97 Å². The first-order valence-corrected chi connectivity index (χ1v) is 5.64. The molecule has 15 heavy (non-hydrogen) atoms. The van der Waals surface area contributed by atoms with Crippen molar-refractivity contribution in [2.75, 3.05) is 7.11 Å². The maximum Gasteiger partial charge on any atom is 0.327 e. The van der Waals surface area contributed by atoms with Gasteiger partial charge < -0.3 is 4.74 Å². The molecule has 1 fully saturated rings. The van der Waals surface area contributed by atoms with Crippen LogP contribution < -0.4 is 5.32 Å². The highest BCUT2D eigenvalue weighted by molar-refractivity contribution is 5.79. The Morgan fingerprint density at radius 1 is 1.40 bits per heavy atom. The lowest BCUT2D eigenvalue weighted by Gasteiger charge is -2.27. The molecule has 0 saturated heterocycles. The van der Waals surface area contributed by atoms with Gasteiger partial charge in [0.25, 0.3) is 0 Å². The molecule has 0 amide bonds. The number of carbonyl (C=O) groups excluding carboxylic acids is 1. The predicted molar refractivity (Wildman–Crippen MR) is 60.6 cm³/mol. The fourth-order valence-corrected chi connectivity index (χ4v) is 2.03. The average Bonchev–Trinajstić information content (AvgIpc) is 2.26.